The van der Waals surface area contributed by atoms with Gasteiger partial charge < -0.3 is 11.1 Å². The molecule has 2 heterocycles. The van der Waals surface area contributed by atoms with Crippen LogP contribution in [-0.2, 0) is 6.42 Å². The second kappa shape index (κ2) is 6.70. The molecule has 0 bridgehead atoms. The summed E-state index contributed by atoms with van der Waals surface area (Å²) in [7, 11) is 0. The van der Waals surface area contributed by atoms with Crippen molar-refractivity contribution in [1.29, 1.82) is 0 Å². The largest absolute Gasteiger partial charge is 0.370 e. The van der Waals surface area contributed by atoms with E-state index in [9.17, 15) is 0 Å². The van der Waals surface area contributed by atoms with Crippen LogP contribution in [-0.4, -0.2) is 26.7 Å². The van der Waals surface area contributed by atoms with Crippen molar-refractivity contribution in [2.45, 2.75) is 27.2 Å². The van der Waals surface area contributed by atoms with Crippen molar-refractivity contribution in [3.8, 4) is 11.3 Å². The van der Waals surface area contributed by atoms with Gasteiger partial charge in [0.2, 0.25) is 5.95 Å². The first-order valence-electron chi connectivity index (χ1n) is 7.99. The van der Waals surface area contributed by atoms with Gasteiger partial charge in [-0.2, -0.15) is 10.1 Å². The molecular weight excluding hydrogens is 300 g/mol. The van der Waals surface area contributed by atoms with Crippen molar-refractivity contribution < 1.29 is 0 Å². The van der Waals surface area contributed by atoms with Crippen molar-refractivity contribution in [1.82, 2.24) is 20.2 Å². The predicted molar refractivity (Wildman–Crippen MR) is 96.9 cm³/mol. The standard InChI is InChI=1S/C18H22N6/c1-11-5-4-6-14(9-11)16-10-17(22-18(19)21-16)20-8-7-15-12(2)23-24-13(15)3/h4-6,9-10H,7-8H2,1-3H3,(H,23,24)(H3,19,20,21,22). The summed E-state index contributed by atoms with van der Waals surface area (Å²) >= 11 is 0. The molecule has 0 fully saturated rings. The maximum Gasteiger partial charge on any atom is 0.222 e. The quantitative estimate of drug-likeness (QED) is 0.671. The summed E-state index contributed by atoms with van der Waals surface area (Å²) in [4.78, 5) is 8.62. The summed E-state index contributed by atoms with van der Waals surface area (Å²) in [5, 5.41) is 10.6. The summed E-state index contributed by atoms with van der Waals surface area (Å²) in [6, 6.07) is 10.1. The number of hydrogen-bond acceptors (Lipinski definition) is 5. The molecule has 6 heteroatoms. The normalized spacial score (nSPS) is 10.8. The highest BCUT2D eigenvalue weighted by Crippen LogP contribution is 2.21. The molecule has 0 saturated heterocycles. The van der Waals surface area contributed by atoms with Crippen LogP contribution in [0.4, 0.5) is 11.8 Å². The average molecular weight is 322 g/mol. The number of aryl methyl sites for hydroxylation is 3. The Bertz CT molecular complexity index is 833. The summed E-state index contributed by atoms with van der Waals surface area (Å²) in [5.74, 6) is 1.00. The molecule has 0 atom stereocenters. The average Bonchev–Trinajstić information content (AvgIpc) is 2.86. The number of anilines is 2. The molecule has 1 aromatic carbocycles. The Morgan fingerprint density at radius 1 is 1.12 bits per heavy atom. The topological polar surface area (TPSA) is 92.5 Å². The molecule has 124 valence electrons. The summed E-state index contributed by atoms with van der Waals surface area (Å²) in [6.45, 7) is 6.86. The Morgan fingerprint density at radius 3 is 2.67 bits per heavy atom. The van der Waals surface area contributed by atoms with E-state index in [0.717, 1.165) is 41.4 Å². The molecule has 0 aliphatic carbocycles. The number of benzene rings is 1. The zero-order chi connectivity index (χ0) is 17.1. The van der Waals surface area contributed by atoms with Crippen molar-refractivity contribution in [2.24, 2.45) is 0 Å². The van der Waals surface area contributed by atoms with E-state index in [1.165, 1.54) is 11.1 Å². The first-order chi connectivity index (χ1) is 11.5. The number of hydrogen-bond donors (Lipinski definition) is 3. The summed E-state index contributed by atoms with van der Waals surface area (Å²) in [5.41, 5.74) is 12.3. The summed E-state index contributed by atoms with van der Waals surface area (Å²) < 4.78 is 0. The maximum atomic E-state index is 5.87. The second-order valence-electron chi connectivity index (χ2n) is 5.96. The minimum Gasteiger partial charge on any atom is -0.370 e. The fourth-order valence-electron chi connectivity index (χ4n) is 2.77. The van der Waals surface area contributed by atoms with Crippen LogP contribution in [0.5, 0.6) is 0 Å². The van der Waals surface area contributed by atoms with Gasteiger partial charge in [0.1, 0.15) is 5.82 Å². The Hall–Kier alpha value is -2.89. The molecule has 0 radical (unpaired) electrons. The third kappa shape index (κ3) is 3.53. The van der Waals surface area contributed by atoms with Crippen LogP contribution in [0.15, 0.2) is 30.3 Å². The monoisotopic (exact) mass is 322 g/mol. The number of aromatic nitrogens is 4. The zero-order valence-electron chi connectivity index (χ0n) is 14.2. The molecule has 3 rings (SSSR count). The molecule has 0 aliphatic rings. The molecule has 0 saturated carbocycles. The third-order valence-electron chi connectivity index (χ3n) is 4.02. The van der Waals surface area contributed by atoms with Gasteiger partial charge in [0.15, 0.2) is 0 Å². The number of aromatic amines is 1. The first-order valence-corrected chi connectivity index (χ1v) is 7.99. The van der Waals surface area contributed by atoms with Crippen LogP contribution in [0.1, 0.15) is 22.5 Å². The van der Waals surface area contributed by atoms with E-state index in [-0.39, 0.29) is 5.95 Å². The Balaban J connectivity index is 1.74. The van der Waals surface area contributed by atoms with Gasteiger partial charge in [-0.05, 0) is 38.8 Å². The molecule has 0 aliphatic heterocycles. The highest BCUT2D eigenvalue weighted by molar-refractivity contribution is 5.64. The van der Waals surface area contributed by atoms with Crippen LogP contribution < -0.4 is 11.1 Å². The van der Waals surface area contributed by atoms with Crippen molar-refractivity contribution >= 4 is 11.8 Å². The maximum absolute atomic E-state index is 5.87. The van der Waals surface area contributed by atoms with E-state index in [4.69, 9.17) is 5.73 Å². The van der Waals surface area contributed by atoms with Gasteiger partial charge in [-0.1, -0.05) is 23.8 Å². The van der Waals surface area contributed by atoms with Crippen LogP contribution in [0.25, 0.3) is 11.3 Å². The van der Waals surface area contributed by atoms with E-state index >= 15 is 0 Å². The Labute approximate surface area is 141 Å². The molecule has 24 heavy (non-hydrogen) atoms. The SMILES string of the molecule is Cc1cccc(-c2cc(NCCc3c(C)n[nH]c3C)nc(N)n2)c1. The number of H-pyrrole nitrogens is 1. The molecular formula is C18H22N6. The van der Waals surface area contributed by atoms with Crippen molar-refractivity contribution in [3.63, 3.8) is 0 Å². The van der Waals surface area contributed by atoms with Gasteiger partial charge in [0, 0.05) is 23.9 Å². The smallest absolute Gasteiger partial charge is 0.222 e. The number of nitrogens with zero attached hydrogens (tertiary/aromatic N) is 3. The van der Waals surface area contributed by atoms with E-state index in [1.807, 2.05) is 32.0 Å². The van der Waals surface area contributed by atoms with Crippen LogP contribution in [0, 0.1) is 20.8 Å². The van der Waals surface area contributed by atoms with E-state index in [1.54, 1.807) is 0 Å². The molecule has 2 aromatic heterocycles. The fourth-order valence-corrected chi connectivity index (χ4v) is 2.77. The number of nitrogens with two attached hydrogens (primary N) is 1. The Kier molecular flexibility index (Phi) is 4.46. The molecule has 0 amide bonds. The van der Waals surface area contributed by atoms with Crippen LogP contribution >= 0.6 is 0 Å². The van der Waals surface area contributed by atoms with Crippen LogP contribution in [0.3, 0.4) is 0 Å². The number of rotatable bonds is 5. The van der Waals surface area contributed by atoms with E-state index in [0.29, 0.717) is 0 Å². The highest BCUT2D eigenvalue weighted by atomic mass is 15.1. The second-order valence-corrected chi connectivity index (χ2v) is 5.96. The molecule has 0 unspecified atom stereocenters. The lowest BCUT2D eigenvalue weighted by Crippen LogP contribution is -2.09. The molecule has 3 aromatic rings. The molecule has 6 nitrogen and oxygen atoms in total. The third-order valence-corrected chi connectivity index (χ3v) is 4.02. The Morgan fingerprint density at radius 2 is 1.96 bits per heavy atom. The molecule has 0 spiro atoms. The number of nitrogens with one attached hydrogen (secondary N) is 2. The fraction of sp³-hybridized carbons (Fsp3) is 0.278. The van der Waals surface area contributed by atoms with Gasteiger partial charge in [0.25, 0.3) is 0 Å². The van der Waals surface area contributed by atoms with Crippen molar-refractivity contribution in [2.75, 3.05) is 17.6 Å². The molecule has 4 N–H and O–H groups in total. The van der Waals surface area contributed by atoms with E-state index < -0.39 is 0 Å². The summed E-state index contributed by atoms with van der Waals surface area (Å²) in [6.07, 6.45) is 0.873. The number of nitrogen functional groups attached to an aromatic ring is 1. The van der Waals surface area contributed by atoms with Gasteiger partial charge in [-0.3, -0.25) is 5.10 Å². The lowest BCUT2D eigenvalue weighted by Gasteiger charge is -2.09. The van der Waals surface area contributed by atoms with Crippen LogP contribution in [0.2, 0.25) is 0 Å². The zero-order valence-corrected chi connectivity index (χ0v) is 14.2. The van der Waals surface area contributed by atoms with Gasteiger partial charge in [-0.25, -0.2) is 4.98 Å². The van der Waals surface area contributed by atoms with Gasteiger partial charge in [-0.15, -0.1) is 0 Å². The van der Waals surface area contributed by atoms with Crippen molar-refractivity contribution in [3.05, 3.63) is 52.8 Å². The predicted octanol–water partition coefficient (Wildman–Crippen LogP) is 3.03. The minimum absolute atomic E-state index is 0.271. The van der Waals surface area contributed by atoms with E-state index in [2.05, 4.69) is 44.5 Å². The minimum atomic E-state index is 0.271. The highest BCUT2D eigenvalue weighted by Gasteiger charge is 2.08. The van der Waals surface area contributed by atoms with Gasteiger partial charge >= 0.3 is 0 Å². The first kappa shape index (κ1) is 16.0. The van der Waals surface area contributed by atoms with Gasteiger partial charge in [0.05, 0.1) is 11.4 Å². The lowest BCUT2D eigenvalue weighted by atomic mass is 10.1. The lowest BCUT2D eigenvalue weighted by molar-refractivity contribution is 0.980.